The van der Waals surface area contributed by atoms with Gasteiger partial charge in [0.15, 0.2) is 0 Å². The molecule has 9 heteroatoms. The highest BCUT2D eigenvalue weighted by Crippen LogP contribution is 2.18. The number of benzene rings is 2. The minimum absolute atomic E-state index is 0.0442. The Hall–Kier alpha value is -3.46. The second-order valence-electron chi connectivity index (χ2n) is 7.63. The van der Waals surface area contributed by atoms with Gasteiger partial charge in [-0.1, -0.05) is 12.1 Å². The molecule has 0 spiro atoms. The van der Waals surface area contributed by atoms with E-state index in [0.717, 1.165) is 5.56 Å². The zero-order chi connectivity index (χ0) is 22.9. The molecule has 3 rings (SSSR count). The van der Waals surface area contributed by atoms with Gasteiger partial charge in [-0.3, -0.25) is 19.8 Å². The van der Waals surface area contributed by atoms with Crippen molar-refractivity contribution < 1.29 is 23.5 Å². The molecule has 0 radical (unpaired) electrons. The van der Waals surface area contributed by atoms with E-state index in [4.69, 9.17) is 4.74 Å². The molecule has 0 aliphatic carbocycles. The van der Waals surface area contributed by atoms with Crippen LogP contribution in [0.15, 0.2) is 48.5 Å². The number of carbonyl (C=O) groups excluding carboxylic acids is 3. The van der Waals surface area contributed by atoms with Crippen LogP contribution in [0.2, 0.25) is 0 Å². The highest BCUT2D eigenvalue weighted by molar-refractivity contribution is 6.01. The molecule has 32 heavy (non-hydrogen) atoms. The summed E-state index contributed by atoms with van der Waals surface area (Å²) in [6, 6.07) is 12.2. The molecule has 2 aromatic rings. The summed E-state index contributed by atoms with van der Waals surface area (Å²) in [6.07, 6.45) is 1.25. The van der Waals surface area contributed by atoms with Crippen molar-refractivity contribution in [2.24, 2.45) is 5.92 Å². The van der Waals surface area contributed by atoms with Crippen molar-refractivity contribution >= 4 is 23.5 Å². The number of hydrogen-bond donors (Lipinski definition) is 3. The molecule has 1 aliphatic rings. The minimum atomic E-state index is -0.602. The van der Waals surface area contributed by atoms with Crippen LogP contribution in [0.5, 0.6) is 5.75 Å². The summed E-state index contributed by atoms with van der Waals surface area (Å²) >= 11 is 0. The van der Waals surface area contributed by atoms with Crippen LogP contribution in [0.3, 0.4) is 0 Å². The van der Waals surface area contributed by atoms with Crippen LogP contribution in [-0.4, -0.2) is 49.5 Å². The van der Waals surface area contributed by atoms with Crippen LogP contribution in [-0.2, 0) is 16.1 Å². The maximum Gasteiger partial charge on any atom is 0.325 e. The van der Waals surface area contributed by atoms with Gasteiger partial charge in [0.05, 0.1) is 13.7 Å². The lowest BCUT2D eigenvalue weighted by atomic mass is 9.96. The molecule has 1 saturated heterocycles. The molecular weight excluding hydrogens is 415 g/mol. The molecule has 2 aromatic carbocycles. The van der Waals surface area contributed by atoms with Crippen LogP contribution in [0.4, 0.5) is 14.9 Å². The van der Waals surface area contributed by atoms with E-state index in [-0.39, 0.29) is 24.2 Å². The van der Waals surface area contributed by atoms with Gasteiger partial charge in [-0.05, 0) is 67.9 Å². The van der Waals surface area contributed by atoms with Crippen molar-refractivity contribution in [1.29, 1.82) is 0 Å². The van der Waals surface area contributed by atoms with Gasteiger partial charge in [0.2, 0.25) is 11.8 Å². The second-order valence-corrected chi connectivity index (χ2v) is 7.63. The first-order valence-electron chi connectivity index (χ1n) is 10.4. The number of nitrogens with zero attached hydrogens (tertiary/aromatic N) is 1. The van der Waals surface area contributed by atoms with E-state index in [2.05, 4.69) is 16.0 Å². The summed E-state index contributed by atoms with van der Waals surface area (Å²) < 4.78 is 18.0. The summed E-state index contributed by atoms with van der Waals surface area (Å²) in [5.41, 5.74) is 1.38. The Kier molecular flexibility index (Phi) is 8.15. The van der Waals surface area contributed by atoms with Crippen LogP contribution >= 0.6 is 0 Å². The molecule has 1 heterocycles. The minimum Gasteiger partial charge on any atom is -0.497 e. The van der Waals surface area contributed by atoms with Crippen molar-refractivity contribution in [3.8, 4) is 5.75 Å². The molecule has 3 N–H and O–H groups in total. The normalized spacial score (nSPS) is 14.4. The first-order valence-corrected chi connectivity index (χ1v) is 10.4. The topological polar surface area (TPSA) is 99.8 Å². The summed E-state index contributed by atoms with van der Waals surface area (Å²) in [4.78, 5) is 38.5. The van der Waals surface area contributed by atoms with Gasteiger partial charge in [-0.25, -0.2) is 9.18 Å². The van der Waals surface area contributed by atoms with E-state index < -0.39 is 11.9 Å². The number of nitrogens with one attached hydrogen (secondary N) is 3. The number of rotatable bonds is 7. The monoisotopic (exact) mass is 442 g/mol. The maximum atomic E-state index is 13.0. The number of anilines is 1. The number of imide groups is 1. The molecule has 1 aliphatic heterocycles. The zero-order valence-electron chi connectivity index (χ0n) is 17.9. The quantitative estimate of drug-likeness (QED) is 0.612. The van der Waals surface area contributed by atoms with Gasteiger partial charge in [0.25, 0.3) is 0 Å². The van der Waals surface area contributed by atoms with E-state index in [1.54, 1.807) is 43.5 Å². The molecule has 0 bridgehead atoms. The molecule has 0 aromatic heterocycles. The van der Waals surface area contributed by atoms with Crippen molar-refractivity contribution in [3.63, 3.8) is 0 Å². The fourth-order valence-electron chi connectivity index (χ4n) is 3.49. The predicted molar refractivity (Wildman–Crippen MR) is 118 cm³/mol. The lowest BCUT2D eigenvalue weighted by molar-refractivity contribution is -0.126. The summed E-state index contributed by atoms with van der Waals surface area (Å²) in [5, 5.41) is 7.79. The molecule has 170 valence electrons. The van der Waals surface area contributed by atoms with Gasteiger partial charge in [-0.2, -0.15) is 0 Å². The highest BCUT2D eigenvalue weighted by Gasteiger charge is 2.26. The fraction of sp³-hybridized carbons (Fsp3) is 0.348. The van der Waals surface area contributed by atoms with Crippen LogP contribution in [0, 0.1) is 11.7 Å². The number of halogens is 1. The third-order valence-corrected chi connectivity index (χ3v) is 5.31. The molecular formula is C23H27FN4O4. The maximum absolute atomic E-state index is 13.0. The van der Waals surface area contributed by atoms with E-state index in [1.807, 2.05) is 4.90 Å². The lowest BCUT2D eigenvalue weighted by Crippen LogP contribution is -2.46. The molecule has 8 nitrogen and oxygen atoms in total. The van der Waals surface area contributed by atoms with Crippen LogP contribution in [0.1, 0.15) is 18.4 Å². The van der Waals surface area contributed by atoms with Crippen LogP contribution in [0.25, 0.3) is 0 Å². The van der Waals surface area contributed by atoms with Gasteiger partial charge in [0, 0.05) is 18.2 Å². The Labute approximate surface area is 186 Å². The van der Waals surface area contributed by atoms with Gasteiger partial charge < -0.3 is 15.4 Å². The number of methoxy groups -OCH3 is 1. The number of hydrogen-bond acceptors (Lipinski definition) is 5. The molecule has 0 atom stereocenters. The first kappa shape index (κ1) is 23.2. The van der Waals surface area contributed by atoms with E-state index >= 15 is 0 Å². The van der Waals surface area contributed by atoms with Crippen molar-refractivity contribution in [1.82, 2.24) is 15.5 Å². The smallest absolute Gasteiger partial charge is 0.325 e. The summed E-state index contributed by atoms with van der Waals surface area (Å²) in [7, 11) is 1.55. The number of likely N-dealkylation sites (tertiary alicyclic amines) is 1. The number of carbonyl (C=O) groups is 3. The Bertz CT molecular complexity index is 926. The zero-order valence-corrected chi connectivity index (χ0v) is 17.9. The number of ether oxygens (including phenoxy) is 1. The van der Waals surface area contributed by atoms with E-state index in [1.165, 1.54) is 12.1 Å². The summed E-state index contributed by atoms with van der Waals surface area (Å²) in [6.45, 7) is 1.61. The average Bonchev–Trinajstić information content (AvgIpc) is 2.79. The Morgan fingerprint density at radius 3 is 2.31 bits per heavy atom. The second kappa shape index (κ2) is 11.2. The van der Waals surface area contributed by atoms with Crippen molar-refractivity contribution in [3.05, 3.63) is 59.9 Å². The van der Waals surface area contributed by atoms with Crippen LogP contribution < -0.4 is 20.7 Å². The Morgan fingerprint density at radius 1 is 1.03 bits per heavy atom. The molecule has 4 amide bonds. The van der Waals surface area contributed by atoms with E-state index in [9.17, 15) is 18.8 Å². The SMILES string of the molecule is COc1ccc(NC(=O)NC(=O)CN2CCC(C(=O)NCc3ccc(F)cc3)CC2)cc1. The third-order valence-electron chi connectivity index (χ3n) is 5.31. The van der Waals surface area contributed by atoms with Gasteiger partial charge in [-0.15, -0.1) is 0 Å². The number of piperidine rings is 1. The Balaban J connectivity index is 1.35. The number of urea groups is 1. The molecule has 0 unspecified atom stereocenters. The standard InChI is InChI=1S/C23H27FN4O4/c1-32-20-8-6-19(7-9-20)26-23(31)27-21(29)15-28-12-10-17(11-13-28)22(30)25-14-16-2-4-18(24)5-3-16/h2-9,17H,10-15H2,1H3,(H,25,30)(H2,26,27,29,31). The third kappa shape index (κ3) is 7.05. The van der Waals surface area contributed by atoms with Crippen molar-refractivity contribution in [2.75, 3.05) is 32.1 Å². The Morgan fingerprint density at radius 2 is 1.69 bits per heavy atom. The molecule has 1 fully saturated rings. The lowest BCUT2D eigenvalue weighted by Gasteiger charge is -2.30. The number of amides is 4. The predicted octanol–water partition coefficient (Wildman–Crippen LogP) is 2.51. The summed E-state index contributed by atoms with van der Waals surface area (Å²) in [5.74, 6) is -0.227. The van der Waals surface area contributed by atoms with Gasteiger partial charge in [0.1, 0.15) is 11.6 Å². The average molecular weight is 442 g/mol. The fourth-order valence-corrected chi connectivity index (χ4v) is 3.49. The molecule has 0 saturated carbocycles. The van der Waals surface area contributed by atoms with E-state index in [0.29, 0.717) is 43.9 Å². The largest absolute Gasteiger partial charge is 0.497 e. The highest BCUT2D eigenvalue weighted by atomic mass is 19.1. The van der Waals surface area contributed by atoms with Gasteiger partial charge >= 0.3 is 6.03 Å². The van der Waals surface area contributed by atoms with Crippen molar-refractivity contribution in [2.45, 2.75) is 19.4 Å². The first-order chi connectivity index (χ1) is 15.4.